The molecule has 1 aliphatic heterocycles. The van der Waals surface area contributed by atoms with E-state index in [2.05, 4.69) is 6.92 Å². The topological polar surface area (TPSA) is 29.5 Å². The van der Waals surface area contributed by atoms with Crippen molar-refractivity contribution in [3.05, 3.63) is 0 Å². The SMILES string of the molecule is CCCCCCC(O)CC1CCOCC1. The van der Waals surface area contributed by atoms with Crippen LogP contribution in [-0.2, 0) is 4.74 Å². The molecular formula is C13H26O2. The highest BCUT2D eigenvalue weighted by Crippen LogP contribution is 2.22. The lowest BCUT2D eigenvalue weighted by Crippen LogP contribution is -2.20. The summed E-state index contributed by atoms with van der Waals surface area (Å²) in [4.78, 5) is 0. The first-order valence-corrected chi connectivity index (χ1v) is 6.58. The van der Waals surface area contributed by atoms with Crippen molar-refractivity contribution >= 4 is 0 Å². The van der Waals surface area contributed by atoms with Crippen LogP contribution < -0.4 is 0 Å². The normalized spacial score (nSPS) is 20.4. The Kier molecular flexibility index (Phi) is 7.03. The third kappa shape index (κ3) is 6.16. The van der Waals surface area contributed by atoms with Gasteiger partial charge in [-0.15, -0.1) is 0 Å². The lowest BCUT2D eigenvalue weighted by atomic mass is 9.92. The van der Waals surface area contributed by atoms with Gasteiger partial charge in [0.1, 0.15) is 0 Å². The van der Waals surface area contributed by atoms with Crippen molar-refractivity contribution in [2.75, 3.05) is 13.2 Å². The molecule has 1 saturated heterocycles. The van der Waals surface area contributed by atoms with Crippen LogP contribution in [0.5, 0.6) is 0 Å². The Morgan fingerprint density at radius 1 is 1.20 bits per heavy atom. The maximum atomic E-state index is 9.86. The van der Waals surface area contributed by atoms with Gasteiger partial charge in [-0.25, -0.2) is 0 Å². The van der Waals surface area contributed by atoms with Gasteiger partial charge in [0, 0.05) is 13.2 Å². The zero-order valence-electron chi connectivity index (χ0n) is 10.1. The van der Waals surface area contributed by atoms with Gasteiger partial charge in [-0.1, -0.05) is 32.6 Å². The molecule has 1 heterocycles. The largest absolute Gasteiger partial charge is 0.393 e. The number of ether oxygens (including phenoxy) is 1. The quantitative estimate of drug-likeness (QED) is 0.660. The van der Waals surface area contributed by atoms with Crippen LogP contribution in [0.3, 0.4) is 0 Å². The van der Waals surface area contributed by atoms with Gasteiger partial charge in [0.15, 0.2) is 0 Å². The summed E-state index contributed by atoms with van der Waals surface area (Å²) in [6, 6.07) is 0. The Morgan fingerprint density at radius 3 is 2.60 bits per heavy atom. The zero-order chi connectivity index (χ0) is 10.9. The first-order valence-electron chi connectivity index (χ1n) is 6.58. The molecule has 0 amide bonds. The van der Waals surface area contributed by atoms with Crippen molar-refractivity contribution in [1.82, 2.24) is 0 Å². The summed E-state index contributed by atoms with van der Waals surface area (Å²) in [5.74, 6) is 0.708. The summed E-state index contributed by atoms with van der Waals surface area (Å²) >= 11 is 0. The Labute approximate surface area is 94.0 Å². The summed E-state index contributed by atoms with van der Waals surface area (Å²) in [5.41, 5.74) is 0. The van der Waals surface area contributed by atoms with E-state index in [0.29, 0.717) is 5.92 Å². The van der Waals surface area contributed by atoms with Crippen LogP contribution in [-0.4, -0.2) is 24.4 Å². The van der Waals surface area contributed by atoms with Gasteiger partial charge < -0.3 is 9.84 Å². The second-order valence-corrected chi connectivity index (χ2v) is 4.79. The Balaban J connectivity index is 1.98. The predicted octanol–water partition coefficient (Wildman–Crippen LogP) is 3.13. The van der Waals surface area contributed by atoms with Crippen LogP contribution in [0, 0.1) is 5.92 Å². The number of unbranched alkanes of at least 4 members (excludes halogenated alkanes) is 3. The van der Waals surface area contributed by atoms with Gasteiger partial charge >= 0.3 is 0 Å². The first kappa shape index (κ1) is 13.0. The average molecular weight is 214 g/mol. The maximum absolute atomic E-state index is 9.86. The Morgan fingerprint density at radius 2 is 1.93 bits per heavy atom. The van der Waals surface area contributed by atoms with E-state index in [0.717, 1.165) is 38.9 Å². The first-order chi connectivity index (χ1) is 7.33. The van der Waals surface area contributed by atoms with Crippen molar-refractivity contribution in [3.8, 4) is 0 Å². The molecule has 0 saturated carbocycles. The number of rotatable bonds is 7. The van der Waals surface area contributed by atoms with Crippen LogP contribution in [0.4, 0.5) is 0 Å². The minimum atomic E-state index is -0.0649. The lowest BCUT2D eigenvalue weighted by Gasteiger charge is -2.24. The number of aliphatic hydroxyl groups is 1. The molecule has 2 heteroatoms. The van der Waals surface area contributed by atoms with E-state index in [4.69, 9.17) is 4.74 Å². The Bertz CT molecular complexity index is 141. The molecule has 0 aliphatic carbocycles. The van der Waals surface area contributed by atoms with E-state index in [1.165, 1.54) is 25.7 Å². The number of hydrogen-bond donors (Lipinski definition) is 1. The summed E-state index contributed by atoms with van der Waals surface area (Å²) in [6.45, 7) is 4.01. The molecule has 1 fully saturated rings. The van der Waals surface area contributed by atoms with Gasteiger partial charge in [-0.05, 0) is 31.6 Å². The fourth-order valence-corrected chi connectivity index (χ4v) is 2.29. The highest BCUT2D eigenvalue weighted by Gasteiger charge is 2.17. The minimum absolute atomic E-state index is 0.0649. The molecule has 1 N–H and O–H groups in total. The van der Waals surface area contributed by atoms with Gasteiger partial charge in [0.2, 0.25) is 0 Å². The zero-order valence-corrected chi connectivity index (χ0v) is 10.1. The lowest BCUT2D eigenvalue weighted by molar-refractivity contribution is 0.0415. The average Bonchev–Trinajstić information content (AvgIpc) is 2.26. The molecule has 0 aromatic carbocycles. The molecule has 1 atom stereocenters. The molecule has 0 aromatic rings. The molecule has 15 heavy (non-hydrogen) atoms. The molecule has 90 valence electrons. The smallest absolute Gasteiger partial charge is 0.0543 e. The van der Waals surface area contributed by atoms with Crippen molar-refractivity contribution < 1.29 is 9.84 Å². The summed E-state index contributed by atoms with van der Waals surface area (Å²) < 4.78 is 5.31. The molecule has 1 unspecified atom stereocenters. The van der Waals surface area contributed by atoms with Crippen molar-refractivity contribution in [3.63, 3.8) is 0 Å². The van der Waals surface area contributed by atoms with E-state index in [-0.39, 0.29) is 6.10 Å². The van der Waals surface area contributed by atoms with Gasteiger partial charge in [0.25, 0.3) is 0 Å². The van der Waals surface area contributed by atoms with Crippen LogP contribution in [0.1, 0.15) is 58.3 Å². The minimum Gasteiger partial charge on any atom is -0.393 e. The van der Waals surface area contributed by atoms with Gasteiger partial charge in [-0.2, -0.15) is 0 Å². The summed E-state index contributed by atoms with van der Waals surface area (Å²) in [7, 11) is 0. The molecular weight excluding hydrogens is 188 g/mol. The monoisotopic (exact) mass is 214 g/mol. The van der Waals surface area contributed by atoms with Gasteiger partial charge in [0.05, 0.1) is 6.10 Å². The van der Waals surface area contributed by atoms with Crippen molar-refractivity contribution in [2.45, 2.75) is 64.4 Å². The molecule has 0 radical (unpaired) electrons. The second kappa shape index (κ2) is 8.12. The molecule has 0 spiro atoms. The van der Waals surface area contributed by atoms with Crippen molar-refractivity contribution in [1.29, 1.82) is 0 Å². The maximum Gasteiger partial charge on any atom is 0.0543 e. The second-order valence-electron chi connectivity index (χ2n) is 4.79. The molecule has 1 rings (SSSR count). The van der Waals surface area contributed by atoms with E-state index >= 15 is 0 Å². The van der Waals surface area contributed by atoms with Crippen molar-refractivity contribution in [2.24, 2.45) is 5.92 Å². The molecule has 1 aliphatic rings. The predicted molar refractivity (Wildman–Crippen MR) is 62.9 cm³/mol. The number of aliphatic hydroxyl groups excluding tert-OH is 1. The van der Waals surface area contributed by atoms with E-state index in [1.807, 2.05) is 0 Å². The summed E-state index contributed by atoms with van der Waals surface area (Å²) in [5, 5.41) is 9.86. The number of hydrogen-bond acceptors (Lipinski definition) is 2. The third-order valence-corrected chi connectivity index (χ3v) is 3.34. The van der Waals surface area contributed by atoms with E-state index in [9.17, 15) is 5.11 Å². The fraction of sp³-hybridized carbons (Fsp3) is 1.00. The summed E-state index contributed by atoms with van der Waals surface area (Å²) in [6.07, 6.45) is 9.27. The van der Waals surface area contributed by atoms with Crippen LogP contribution in [0.2, 0.25) is 0 Å². The van der Waals surface area contributed by atoms with E-state index in [1.54, 1.807) is 0 Å². The fourth-order valence-electron chi connectivity index (χ4n) is 2.29. The molecule has 0 aromatic heterocycles. The van der Waals surface area contributed by atoms with Gasteiger partial charge in [-0.3, -0.25) is 0 Å². The highest BCUT2D eigenvalue weighted by molar-refractivity contribution is 4.68. The molecule has 0 bridgehead atoms. The third-order valence-electron chi connectivity index (χ3n) is 3.34. The standard InChI is InChI=1S/C13H26O2/c1-2-3-4-5-6-13(14)11-12-7-9-15-10-8-12/h12-14H,2-11H2,1H3. The van der Waals surface area contributed by atoms with Crippen LogP contribution >= 0.6 is 0 Å². The highest BCUT2D eigenvalue weighted by atomic mass is 16.5. The van der Waals surface area contributed by atoms with Crippen LogP contribution in [0.25, 0.3) is 0 Å². The van der Waals surface area contributed by atoms with Crippen LogP contribution in [0.15, 0.2) is 0 Å². The van der Waals surface area contributed by atoms with E-state index < -0.39 is 0 Å². The molecule has 2 nitrogen and oxygen atoms in total. The Hall–Kier alpha value is -0.0800.